The Hall–Kier alpha value is -2.10. The second kappa shape index (κ2) is 4.45. The van der Waals surface area contributed by atoms with Crippen molar-refractivity contribution in [2.75, 3.05) is 7.11 Å². The number of hydrogen-bond donors (Lipinski definition) is 0. The molecule has 1 fully saturated rings. The molecule has 4 nitrogen and oxygen atoms in total. The van der Waals surface area contributed by atoms with Crippen molar-refractivity contribution in [3.63, 3.8) is 0 Å². The first-order valence-corrected chi connectivity index (χ1v) is 7.71. The van der Waals surface area contributed by atoms with E-state index in [1.807, 2.05) is 13.0 Å². The van der Waals surface area contributed by atoms with Gasteiger partial charge in [0.05, 0.1) is 13.0 Å². The standard InChI is InChI=1S/C18H18O4/c1-18-14-7-3-10-9-11(21-2)4-5-12(10)13(14)6-8-15(18)16(19)22-17(18)20/h4-5,9,15H,3,6-8H2,1-2H3/t15-,18-/m0/s1. The molecular weight excluding hydrogens is 280 g/mol. The van der Waals surface area contributed by atoms with Crippen molar-refractivity contribution in [3.8, 4) is 5.75 Å². The Morgan fingerprint density at radius 2 is 2.05 bits per heavy atom. The third-order valence-electron chi connectivity index (χ3n) is 5.55. The van der Waals surface area contributed by atoms with E-state index in [2.05, 4.69) is 12.1 Å². The van der Waals surface area contributed by atoms with Crippen LogP contribution in [0.1, 0.15) is 37.3 Å². The van der Waals surface area contributed by atoms with Crippen molar-refractivity contribution in [2.24, 2.45) is 11.3 Å². The summed E-state index contributed by atoms with van der Waals surface area (Å²) in [6, 6.07) is 6.11. The molecule has 1 aromatic rings. The van der Waals surface area contributed by atoms with Crippen LogP contribution >= 0.6 is 0 Å². The molecule has 3 aliphatic rings. The fourth-order valence-corrected chi connectivity index (χ4v) is 4.31. The summed E-state index contributed by atoms with van der Waals surface area (Å²) in [5.41, 5.74) is 4.04. The summed E-state index contributed by atoms with van der Waals surface area (Å²) >= 11 is 0. The number of benzene rings is 1. The SMILES string of the molecule is COc1ccc2c(c1)CCC1=C2CC[C@H]2C(=O)OC(=O)[C@@]12C. The molecule has 4 rings (SSSR count). The van der Waals surface area contributed by atoms with Crippen molar-refractivity contribution < 1.29 is 19.1 Å². The van der Waals surface area contributed by atoms with Gasteiger partial charge in [-0.2, -0.15) is 0 Å². The van der Waals surface area contributed by atoms with Crippen molar-refractivity contribution in [3.05, 3.63) is 34.9 Å². The second-order valence-corrected chi connectivity index (χ2v) is 6.48. The van der Waals surface area contributed by atoms with Gasteiger partial charge >= 0.3 is 11.9 Å². The molecule has 114 valence electrons. The molecule has 1 aliphatic heterocycles. The minimum absolute atomic E-state index is 0.307. The Morgan fingerprint density at radius 1 is 1.23 bits per heavy atom. The zero-order valence-electron chi connectivity index (χ0n) is 12.8. The van der Waals surface area contributed by atoms with Crippen LogP contribution in [0.2, 0.25) is 0 Å². The topological polar surface area (TPSA) is 52.6 Å². The summed E-state index contributed by atoms with van der Waals surface area (Å²) < 4.78 is 10.3. The summed E-state index contributed by atoms with van der Waals surface area (Å²) in [7, 11) is 1.67. The molecule has 1 aromatic carbocycles. The van der Waals surface area contributed by atoms with Gasteiger partial charge in [0.1, 0.15) is 11.2 Å². The Kier molecular flexibility index (Phi) is 2.74. The maximum Gasteiger partial charge on any atom is 0.324 e. The highest BCUT2D eigenvalue weighted by Gasteiger charge is 2.58. The molecule has 2 aliphatic carbocycles. The van der Waals surface area contributed by atoms with E-state index >= 15 is 0 Å². The minimum Gasteiger partial charge on any atom is -0.497 e. The van der Waals surface area contributed by atoms with Crippen molar-refractivity contribution in [2.45, 2.75) is 32.6 Å². The first kappa shape index (κ1) is 13.6. The minimum atomic E-state index is -0.762. The third kappa shape index (κ3) is 1.58. The third-order valence-corrected chi connectivity index (χ3v) is 5.55. The van der Waals surface area contributed by atoms with Crippen LogP contribution in [0.4, 0.5) is 0 Å². The lowest BCUT2D eigenvalue weighted by atomic mass is 9.61. The highest BCUT2D eigenvalue weighted by atomic mass is 16.6. The van der Waals surface area contributed by atoms with Crippen LogP contribution in [0.5, 0.6) is 5.75 Å². The Balaban J connectivity index is 1.88. The summed E-state index contributed by atoms with van der Waals surface area (Å²) in [6.07, 6.45) is 3.20. The number of fused-ring (bicyclic) bond motifs is 4. The maximum absolute atomic E-state index is 12.3. The van der Waals surface area contributed by atoms with E-state index in [0.29, 0.717) is 6.42 Å². The van der Waals surface area contributed by atoms with Crippen LogP contribution in [-0.2, 0) is 20.7 Å². The molecule has 1 saturated heterocycles. The van der Waals surface area contributed by atoms with E-state index < -0.39 is 5.41 Å². The van der Waals surface area contributed by atoms with Crippen LogP contribution in [0.3, 0.4) is 0 Å². The van der Waals surface area contributed by atoms with Crippen molar-refractivity contribution in [1.82, 2.24) is 0 Å². The van der Waals surface area contributed by atoms with Gasteiger partial charge in [-0.25, -0.2) is 0 Å². The van der Waals surface area contributed by atoms with E-state index in [0.717, 1.165) is 30.6 Å². The number of carbonyl (C=O) groups is 2. The lowest BCUT2D eigenvalue weighted by molar-refractivity contribution is -0.154. The molecule has 4 heteroatoms. The first-order valence-electron chi connectivity index (χ1n) is 7.71. The highest BCUT2D eigenvalue weighted by Crippen LogP contribution is 2.55. The lowest BCUT2D eigenvalue weighted by Crippen LogP contribution is -2.37. The highest BCUT2D eigenvalue weighted by molar-refractivity contribution is 6.03. The molecule has 22 heavy (non-hydrogen) atoms. The number of hydrogen-bond acceptors (Lipinski definition) is 4. The number of cyclic esters (lactones) is 2. The van der Waals surface area contributed by atoms with Crippen molar-refractivity contribution in [1.29, 1.82) is 0 Å². The van der Waals surface area contributed by atoms with Crippen LogP contribution < -0.4 is 4.74 Å². The van der Waals surface area contributed by atoms with Crippen LogP contribution in [0, 0.1) is 11.3 Å². The van der Waals surface area contributed by atoms with Gasteiger partial charge in [0.25, 0.3) is 0 Å². The summed E-state index contributed by atoms with van der Waals surface area (Å²) in [4.78, 5) is 24.3. The predicted molar refractivity (Wildman–Crippen MR) is 80.2 cm³/mol. The molecular formula is C18H18O4. The molecule has 0 bridgehead atoms. The lowest BCUT2D eigenvalue weighted by Gasteiger charge is -2.38. The largest absolute Gasteiger partial charge is 0.497 e. The molecule has 0 N–H and O–H groups in total. The number of aryl methyl sites for hydroxylation is 1. The molecule has 2 atom stereocenters. The number of rotatable bonds is 1. The van der Waals surface area contributed by atoms with Gasteiger partial charge in [-0.3, -0.25) is 9.59 Å². The average molecular weight is 298 g/mol. The van der Waals surface area contributed by atoms with Crippen LogP contribution in [0.25, 0.3) is 5.57 Å². The first-order chi connectivity index (χ1) is 10.6. The van der Waals surface area contributed by atoms with Crippen LogP contribution in [-0.4, -0.2) is 19.0 Å². The molecule has 1 heterocycles. The smallest absolute Gasteiger partial charge is 0.324 e. The fourth-order valence-electron chi connectivity index (χ4n) is 4.31. The number of methoxy groups -OCH3 is 1. The van der Waals surface area contributed by atoms with Gasteiger partial charge in [-0.15, -0.1) is 0 Å². The predicted octanol–water partition coefficient (Wildman–Crippen LogP) is 2.89. The van der Waals surface area contributed by atoms with Gasteiger partial charge in [-0.1, -0.05) is 6.07 Å². The number of carbonyl (C=O) groups excluding carboxylic acids is 2. The Labute approximate surface area is 129 Å². The van der Waals surface area contributed by atoms with Crippen molar-refractivity contribution >= 4 is 17.5 Å². The second-order valence-electron chi connectivity index (χ2n) is 6.48. The van der Waals surface area contributed by atoms with Gasteiger partial charge in [-0.05, 0) is 67.0 Å². The maximum atomic E-state index is 12.3. The summed E-state index contributed by atoms with van der Waals surface area (Å²) in [6.45, 7) is 1.88. The monoisotopic (exact) mass is 298 g/mol. The van der Waals surface area contributed by atoms with Gasteiger partial charge < -0.3 is 9.47 Å². The van der Waals surface area contributed by atoms with E-state index in [-0.39, 0.29) is 17.9 Å². The average Bonchev–Trinajstić information content (AvgIpc) is 2.76. The summed E-state index contributed by atoms with van der Waals surface area (Å²) in [5.74, 6) is -0.164. The Bertz CT molecular complexity index is 731. The van der Waals surface area contributed by atoms with E-state index in [1.54, 1.807) is 7.11 Å². The fraction of sp³-hybridized carbons (Fsp3) is 0.444. The zero-order chi connectivity index (χ0) is 15.5. The Morgan fingerprint density at radius 3 is 2.82 bits per heavy atom. The summed E-state index contributed by atoms with van der Waals surface area (Å²) in [5, 5.41) is 0. The van der Waals surface area contributed by atoms with Crippen LogP contribution in [0.15, 0.2) is 23.8 Å². The normalized spacial score (nSPS) is 29.6. The number of ether oxygens (including phenoxy) is 2. The molecule has 0 unspecified atom stereocenters. The quantitative estimate of drug-likeness (QED) is 0.591. The van der Waals surface area contributed by atoms with E-state index in [1.165, 1.54) is 16.7 Å². The molecule has 0 amide bonds. The van der Waals surface area contributed by atoms with Gasteiger partial charge in [0.2, 0.25) is 0 Å². The van der Waals surface area contributed by atoms with Gasteiger partial charge in [0.15, 0.2) is 0 Å². The number of esters is 2. The zero-order valence-corrected chi connectivity index (χ0v) is 12.8. The van der Waals surface area contributed by atoms with E-state index in [9.17, 15) is 9.59 Å². The molecule has 0 aromatic heterocycles. The number of allylic oxidation sites excluding steroid dienone is 1. The molecule has 0 saturated carbocycles. The van der Waals surface area contributed by atoms with Gasteiger partial charge in [0, 0.05) is 0 Å². The molecule has 0 spiro atoms. The molecule has 0 radical (unpaired) electrons. The van der Waals surface area contributed by atoms with E-state index in [4.69, 9.17) is 9.47 Å².